The van der Waals surface area contributed by atoms with Crippen molar-refractivity contribution in [1.82, 2.24) is 5.32 Å². The van der Waals surface area contributed by atoms with E-state index in [2.05, 4.69) is 12.2 Å². The molecule has 120 valence electrons. The van der Waals surface area contributed by atoms with Gasteiger partial charge >= 0.3 is 0 Å². The maximum atomic E-state index is 12.8. The van der Waals surface area contributed by atoms with Gasteiger partial charge in [-0.05, 0) is 37.4 Å². The standard InChI is InChI=1S/C17H29NO2S/c1-5-10-16(18-7-3)17(6-2)21(19,20)13-15-12-9-8-11-14(15)4/h8-9,11-12,16-18H,5-7,10,13H2,1-4H3. The molecule has 0 spiro atoms. The van der Waals surface area contributed by atoms with Crippen LogP contribution in [0.5, 0.6) is 0 Å². The molecule has 21 heavy (non-hydrogen) atoms. The zero-order valence-electron chi connectivity index (χ0n) is 13.7. The van der Waals surface area contributed by atoms with Gasteiger partial charge in [0.1, 0.15) is 0 Å². The van der Waals surface area contributed by atoms with Crippen molar-refractivity contribution in [2.24, 2.45) is 0 Å². The van der Waals surface area contributed by atoms with Gasteiger partial charge in [0.25, 0.3) is 0 Å². The Labute approximate surface area is 130 Å². The molecule has 0 aliphatic carbocycles. The second kappa shape index (κ2) is 8.54. The molecule has 1 aromatic rings. The molecule has 0 fully saturated rings. The van der Waals surface area contributed by atoms with Gasteiger partial charge in [-0.25, -0.2) is 8.42 Å². The number of sulfone groups is 1. The van der Waals surface area contributed by atoms with E-state index in [0.29, 0.717) is 6.42 Å². The fourth-order valence-corrected chi connectivity index (χ4v) is 5.09. The Kier molecular flexibility index (Phi) is 7.40. The topological polar surface area (TPSA) is 46.2 Å². The average molecular weight is 311 g/mol. The first-order valence-electron chi connectivity index (χ1n) is 7.95. The minimum absolute atomic E-state index is 0.0546. The SMILES string of the molecule is CCCC(NCC)C(CC)S(=O)(=O)Cc1ccccc1C. The van der Waals surface area contributed by atoms with Crippen LogP contribution in [0.25, 0.3) is 0 Å². The molecule has 4 heteroatoms. The molecule has 0 aromatic heterocycles. The lowest BCUT2D eigenvalue weighted by Gasteiger charge is -2.27. The van der Waals surface area contributed by atoms with Crippen molar-refractivity contribution < 1.29 is 8.42 Å². The summed E-state index contributed by atoms with van der Waals surface area (Å²) in [6.45, 7) is 8.88. The lowest BCUT2D eigenvalue weighted by Crippen LogP contribution is -2.44. The van der Waals surface area contributed by atoms with Crippen LogP contribution in [0.15, 0.2) is 24.3 Å². The second-order valence-electron chi connectivity index (χ2n) is 5.63. The molecule has 0 saturated carbocycles. The molecule has 0 aliphatic rings. The van der Waals surface area contributed by atoms with E-state index in [1.54, 1.807) is 0 Å². The van der Waals surface area contributed by atoms with Crippen LogP contribution in [-0.4, -0.2) is 26.3 Å². The lowest BCUT2D eigenvalue weighted by atomic mass is 10.1. The summed E-state index contributed by atoms with van der Waals surface area (Å²) in [5.74, 6) is 0.143. The highest BCUT2D eigenvalue weighted by Crippen LogP contribution is 2.21. The van der Waals surface area contributed by atoms with Crippen molar-refractivity contribution in [3.63, 3.8) is 0 Å². The molecule has 2 atom stereocenters. The van der Waals surface area contributed by atoms with Crippen molar-refractivity contribution in [3.05, 3.63) is 35.4 Å². The Morgan fingerprint density at radius 3 is 2.33 bits per heavy atom. The first-order valence-corrected chi connectivity index (χ1v) is 9.67. The predicted molar refractivity (Wildman–Crippen MR) is 90.3 cm³/mol. The molecule has 3 nitrogen and oxygen atoms in total. The quantitative estimate of drug-likeness (QED) is 0.759. The zero-order valence-corrected chi connectivity index (χ0v) is 14.5. The third-order valence-corrected chi connectivity index (χ3v) is 6.29. The molecule has 0 bridgehead atoms. The van der Waals surface area contributed by atoms with Crippen molar-refractivity contribution in [2.75, 3.05) is 6.54 Å². The minimum atomic E-state index is -3.15. The van der Waals surface area contributed by atoms with Crippen molar-refractivity contribution in [2.45, 2.75) is 64.0 Å². The fourth-order valence-electron chi connectivity index (χ4n) is 2.88. The smallest absolute Gasteiger partial charge is 0.158 e. The van der Waals surface area contributed by atoms with Crippen LogP contribution < -0.4 is 5.32 Å². The van der Waals surface area contributed by atoms with E-state index >= 15 is 0 Å². The first-order chi connectivity index (χ1) is 9.96. The third kappa shape index (κ3) is 5.11. The van der Waals surface area contributed by atoms with Crippen LogP contribution in [0.4, 0.5) is 0 Å². The zero-order chi connectivity index (χ0) is 15.9. The van der Waals surface area contributed by atoms with Gasteiger partial charge in [-0.1, -0.05) is 51.5 Å². The molecule has 0 radical (unpaired) electrons. The second-order valence-corrected chi connectivity index (χ2v) is 7.85. The number of hydrogen-bond donors (Lipinski definition) is 1. The normalized spacial score (nSPS) is 14.9. The summed E-state index contributed by atoms with van der Waals surface area (Å²) >= 11 is 0. The van der Waals surface area contributed by atoms with Crippen molar-refractivity contribution >= 4 is 9.84 Å². The van der Waals surface area contributed by atoms with E-state index in [4.69, 9.17) is 0 Å². The fraction of sp³-hybridized carbons (Fsp3) is 0.647. The molecule has 2 unspecified atom stereocenters. The Balaban J connectivity index is 2.98. The minimum Gasteiger partial charge on any atom is -0.313 e. The maximum Gasteiger partial charge on any atom is 0.158 e. The molecule has 0 amide bonds. The molecular formula is C17H29NO2S. The van der Waals surface area contributed by atoms with Gasteiger partial charge in [0.05, 0.1) is 11.0 Å². The molecule has 1 rings (SSSR count). The van der Waals surface area contributed by atoms with Gasteiger partial charge in [0, 0.05) is 6.04 Å². The molecule has 0 heterocycles. The van der Waals surface area contributed by atoms with Gasteiger partial charge in [-0.3, -0.25) is 0 Å². The summed E-state index contributed by atoms with van der Waals surface area (Å²) in [5.41, 5.74) is 1.97. The van der Waals surface area contributed by atoms with Crippen LogP contribution in [0.1, 0.15) is 51.2 Å². The van der Waals surface area contributed by atoms with Gasteiger partial charge in [0.15, 0.2) is 9.84 Å². The van der Waals surface area contributed by atoms with Gasteiger partial charge < -0.3 is 5.32 Å². The summed E-state index contributed by atoms with van der Waals surface area (Å²) in [4.78, 5) is 0. The van der Waals surface area contributed by atoms with E-state index in [1.807, 2.05) is 45.0 Å². The Bertz CT molecular complexity index is 519. The predicted octanol–water partition coefficient (Wildman–Crippen LogP) is 3.47. The Morgan fingerprint density at radius 2 is 1.81 bits per heavy atom. The number of hydrogen-bond acceptors (Lipinski definition) is 3. The van der Waals surface area contributed by atoms with Crippen LogP contribution in [0, 0.1) is 6.92 Å². The van der Waals surface area contributed by atoms with E-state index in [1.165, 1.54) is 0 Å². The molecule has 1 N–H and O–H groups in total. The molecule has 0 saturated heterocycles. The summed E-state index contributed by atoms with van der Waals surface area (Å²) in [6.07, 6.45) is 2.55. The van der Waals surface area contributed by atoms with Gasteiger partial charge in [-0.15, -0.1) is 0 Å². The Morgan fingerprint density at radius 1 is 1.14 bits per heavy atom. The van der Waals surface area contributed by atoms with Crippen LogP contribution >= 0.6 is 0 Å². The van der Waals surface area contributed by atoms with Crippen molar-refractivity contribution in [1.29, 1.82) is 0 Å². The van der Waals surface area contributed by atoms with E-state index in [-0.39, 0.29) is 17.0 Å². The molecule has 0 aliphatic heterocycles. The average Bonchev–Trinajstić information content (AvgIpc) is 2.42. The van der Waals surface area contributed by atoms with Gasteiger partial charge in [-0.2, -0.15) is 0 Å². The monoisotopic (exact) mass is 311 g/mol. The molecule has 1 aromatic carbocycles. The van der Waals surface area contributed by atoms with E-state index in [9.17, 15) is 8.42 Å². The lowest BCUT2D eigenvalue weighted by molar-refractivity contribution is 0.445. The first kappa shape index (κ1) is 18.2. The third-order valence-electron chi connectivity index (χ3n) is 4.00. The largest absolute Gasteiger partial charge is 0.313 e. The summed E-state index contributed by atoms with van der Waals surface area (Å²) in [6, 6.07) is 7.80. The van der Waals surface area contributed by atoms with Crippen LogP contribution in [-0.2, 0) is 15.6 Å². The summed E-state index contributed by atoms with van der Waals surface area (Å²) < 4.78 is 25.7. The highest BCUT2D eigenvalue weighted by molar-refractivity contribution is 7.91. The highest BCUT2D eigenvalue weighted by Gasteiger charge is 2.31. The van der Waals surface area contributed by atoms with E-state index < -0.39 is 9.84 Å². The summed E-state index contributed by atoms with van der Waals surface area (Å²) in [5, 5.41) is 3.05. The molecular weight excluding hydrogens is 282 g/mol. The number of rotatable bonds is 9. The summed E-state index contributed by atoms with van der Waals surface area (Å²) in [7, 11) is -3.15. The van der Waals surface area contributed by atoms with Crippen LogP contribution in [0.3, 0.4) is 0 Å². The number of aryl methyl sites for hydroxylation is 1. The Hall–Kier alpha value is -0.870. The van der Waals surface area contributed by atoms with Crippen LogP contribution in [0.2, 0.25) is 0 Å². The number of benzene rings is 1. The highest BCUT2D eigenvalue weighted by atomic mass is 32.2. The van der Waals surface area contributed by atoms with Gasteiger partial charge in [0.2, 0.25) is 0 Å². The maximum absolute atomic E-state index is 12.8. The van der Waals surface area contributed by atoms with E-state index in [0.717, 1.165) is 30.5 Å². The van der Waals surface area contributed by atoms with Crippen molar-refractivity contribution in [3.8, 4) is 0 Å². The number of nitrogens with one attached hydrogen (secondary N) is 1.